The van der Waals surface area contributed by atoms with Crippen LogP contribution in [0.5, 0.6) is 5.75 Å². The zero-order chi connectivity index (χ0) is 34.0. The molecule has 1 saturated heterocycles. The van der Waals surface area contributed by atoms with Crippen LogP contribution in [-0.2, 0) is 0 Å². The van der Waals surface area contributed by atoms with Crippen LogP contribution < -0.4 is 20.7 Å². The number of nitrogens with zero attached hydrogens (tertiary/aromatic N) is 3. The summed E-state index contributed by atoms with van der Waals surface area (Å²) >= 11 is 8.05. The van der Waals surface area contributed by atoms with Gasteiger partial charge in [-0.15, -0.1) is 35.3 Å². The summed E-state index contributed by atoms with van der Waals surface area (Å²) in [6.07, 6.45) is -0.391. The molecule has 1 unspecified atom stereocenters. The van der Waals surface area contributed by atoms with E-state index in [4.69, 9.17) is 22.1 Å². The van der Waals surface area contributed by atoms with Gasteiger partial charge in [0, 0.05) is 89.2 Å². The van der Waals surface area contributed by atoms with E-state index in [1.165, 1.54) is 11.3 Å². The fraction of sp³-hybridized carbons (Fsp3) is 0.250. The molecule has 8 rings (SSSR count). The molecule has 258 valence electrons. The van der Waals surface area contributed by atoms with Crippen molar-refractivity contribution < 1.29 is 19.1 Å². The van der Waals surface area contributed by atoms with Gasteiger partial charge in [0.05, 0.1) is 10.4 Å². The van der Waals surface area contributed by atoms with E-state index < -0.39 is 6.09 Å². The number of nitrogens with one attached hydrogen (secondary N) is 3. The number of fused-ring (bicyclic) bond motifs is 5. The van der Waals surface area contributed by atoms with E-state index in [-0.39, 0.29) is 30.1 Å². The van der Waals surface area contributed by atoms with Gasteiger partial charge in [-0.2, -0.15) is 0 Å². The van der Waals surface area contributed by atoms with Gasteiger partial charge in [-0.25, -0.2) is 4.79 Å². The van der Waals surface area contributed by atoms with Crippen LogP contribution in [0.3, 0.4) is 0 Å². The number of piperazine rings is 1. The van der Waals surface area contributed by atoms with E-state index in [1.54, 1.807) is 34.1 Å². The normalized spacial score (nSPS) is 16.2. The number of carbonyl (C=O) groups excluding carboxylic acids is 3. The second-order valence-electron chi connectivity index (χ2n) is 12.8. The molecule has 14 heteroatoms. The summed E-state index contributed by atoms with van der Waals surface area (Å²) < 4.78 is 6.92. The zero-order valence-electron chi connectivity index (χ0n) is 27.3. The Balaban J connectivity index is 0.00000392. The standard InChI is InChI=1S/C36H34ClN7O4S.ClH/c1-19-18-49-33-30(48-36(47)43-9-7-42(2)8-10-43)15-29-32(31(19)33)22(16-37)17-44(29)35(46)28-14-21-12-24(4-6-26(21)41-28)39-34(45)27-13-20-11-23(38)3-5-25(20)40-27;/h3-6,11-15,18,22,40-41H,7-10,16-17,38H2,1-2H3,(H,39,45);1H. The summed E-state index contributed by atoms with van der Waals surface area (Å²) in [6, 6.07) is 16.3. The van der Waals surface area contributed by atoms with Crippen molar-refractivity contribution in [1.29, 1.82) is 0 Å². The molecule has 5 N–H and O–H groups in total. The number of hydrogen-bond donors (Lipinski definition) is 4. The highest BCUT2D eigenvalue weighted by molar-refractivity contribution is 7.17. The molecule has 0 bridgehead atoms. The number of likely N-dealkylation sites (N-methyl/N-ethyl adjacent to an activating group) is 1. The summed E-state index contributed by atoms with van der Waals surface area (Å²) in [5.41, 5.74) is 12.2. The van der Waals surface area contributed by atoms with E-state index in [0.29, 0.717) is 59.7 Å². The Morgan fingerprint density at radius 2 is 1.68 bits per heavy atom. The molecule has 2 aliphatic heterocycles. The Hall–Kier alpha value is -4.75. The topological polar surface area (TPSA) is 140 Å². The lowest BCUT2D eigenvalue weighted by molar-refractivity contribution is 0.0982. The minimum atomic E-state index is -0.391. The van der Waals surface area contributed by atoms with Crippen LogP contribution in [0.4, 0.5) is 21.9 Å². The van der Waals surface area contributed by atoms with Crippen molar-refractivity contribution in [2.24, 2.45) is 0 Å². The maximum atomic E-state index is 14.2. The van der Waals surface area contributed by atoms with Gasteiger partial charge >= 0.3 is 6.09 Å². The summed E-state index contributed by atoms with van der Waals surface area (Å²) in [4.78, 5) is 52.6. The number of hydrogen-bond acceptors (Lipinski definition) is 7. The number of halogens is 2. The zero-order valence-corrected chi connectivity index (χ0v) is 29.7. The molecule has 3 aromatic carbocycles. The first-order valence-electron chi connectivity index (χ1n) is 16.1. The van der Waals surface area contributed by atoms with Gasteiger partial charge in [0.2, 0.25) is 0 Å². The van der Waals surface area contributed by atoms with Crippen LogP contribution in [0.1, 0.15) is 38.0 Å². The number of aromatic amines is 2. The van der Waals surface area contributed by atoms with Gasteiger partial charge in [-0.1, -0.05) is 0 Å². The van der Waals surface area contributed by atoms with Gasteiger partial charge in [0.25, 0.3) is 11.8 Å². The molecule has 5 heterocycles. The summed E-state index contributed by atoms with van der Waals surface area (Å²) in [5, 5.41) is 7.60. The fourth-order valence-corrected chi connectivity index (χ4v) is 8.16. The van der Waals surface area contributed by atoms with Crippen molar-refractivity contribution in [3.8, 4) is 5.75 Å². The minimum Gasteiger partial charge on any atom is -0.409 e. The molecule has 1 atom stereocenters. The lowest BCUT2D eigenvalue weighted by atomic mass is 9.97. The van der Waals surface area contributed by atoms with Gasteiger partial charge < -0.3 is 40.5 Å². The first kappa shape index (κ1) is 33.7. The number of thiophene rings is 1. The number of aryl methyl sites for hydroxylation is 1. The van der Waals surface area contributed by atoms with Crippen molar-refractivity contribution in [3.63, 3.8) is 0 Å². The molecule has 0 aliphatic carbocycles. The maximum absolute atomic E-state index is 14.2. The lowest BCUT2D eigenvalue weighted by Crippen LogP contribution is -2.48. The molecule has 0 saturated carbocycles. The van der Waals surface area contributed by atoms with Crippen LogP contribution >= 0.6 is 35.3 Å². The Kier molecular flexibility index (Phi) is 8.89. The minimum absolute atomic E-state index is 0. The molecule has 6 aromatic rings. The molecule has 2 aliphatic rings. The number of benzene rings is 3. The molecule has 0 radical (unpaired) electrons. The van der Waals surface area contributed by atoms with Gasteiger partial charge in [-0.05, 0) is 79.0 Å². The lowest BCUT2D eigenvalue weighted by Gasteiger charge is -2.31. The second-order valence-corrected chi connectivity index (χ2v) is 14.0. The first-order valence-corrected chi connectivity index (χ1v) is 17.5. The van der Waals surface area contributed by atoms with Gasteiger partial charge in [-0.3, -0.25) is 9.59 Å². The van der Waals surface area contributed by atoms with Crippen LogP contribution in [0, 0.1) is 6.92 Å². The van der Waals surface area contributed by atoms with Crippen LogP contribution in [-0.4, -0.2) is 83.3 Å². The monoisotopic (exact) mass is 731 g/mol. The summed E-state index contributed by atoms with van der Waals surface area (Å²) in [5.74, 6) is 0.170. The molecule has 50 heavy (non-hydrogen) atoms. The van der Waals surface area contributed by atoms with Crippen molar-refractivity contribution in [2.45, 2.75) is 12.8 Å². The summed E-state index contributed by atoms with van der Waals surface area (Å²) in [6.45, 7) is 5.18. The Morgan fingerprint density at radius 1 is 0.980 bits per heavy atom. The first-order chi connectivity index (χ1) is 23.7. The molecule has 3 amide bonds. The van der Waals surface area contributed by atoms with Gasteiger partial charge in [0.1, 0.15) is 11.4 Å². The quantitative estimate of drug-likeness (QED) is 0.110. The van der Waals surface area contributed by atoms with Crippen molar-refractivity contribution >= 4 is 102 Å². The van der Waals surface area contributed by atoms with Crippen molar-refractivity contribution in [2.75, 3.05) is 61.6 Å². The summed E-state index contributed by atoms with van der Waals surface area (Å²) in [7, 11) is 2.04. The second kappa shape index (κ2) is 13.2. The smallest absolute Gasteiger partial charge is 0.409 e. The number of nitrogen functional groups attached to an aromatic ring is 1. The van der Waals surface area contributed by atoms with E-state index in [9.17, 15) is 14.4 Å². The molecule has 1 fully saturated rings. The van der Waals surface area contributed by atoms with E-state index >= 15 is 0 Å². The highest BCUT2D eigenvalue weighted by Gasteiger charge is 2.37. The number of H-pyrrole nitrogens is 2. The SMILES string of the molecule is Cc1csc2c(OC(=O)N3CCN(C)CC3)cc3c(c12)C(CCl)CN3C(=O)c1cc2cc(NC(=O)c3cc4cc(N)ccc4[nH]3)ccc2[nH]1.Cl. The molecular weight excluding hydrogens is 697 g/mol. The van der Waals surface area contributed by atoms with Crippen molar-refractivity contribution in [3.05, 3.63) is 82.5 Å². The van der Waals surface area contributed by atoms with Crippen LogP contribution in [0.2, 0.25) is 0 Å². The van der Waals surface area contributed by atoms with E-state index in [1.807, 2.05) is 44.3 Å². The Morgan fingerprint density at radius 3 is 2.44 bits per heavy atom. The van der Waals surface area contributed by atoms with Crippen molar-refractivity contribution in [1.82, 2.24) is 19.8 Å². The molecular formula is C36H35Cl2N7O4S. The number of rotatable bonds is 5. The van der Waals surface area contributed by atoms with Gasteiger partial charge in [0.15, 0.2) is 5.75 Å². The molecule has 3 aromatic heterocycles. The number of nitrogens with two attached hydrogens (primary N) is 1. The average molecular weight is 733 g/mol. The van der Waals surface area contributed by atoms with Crippen LogP contribution in [0.15, 0.2) is 60.0 Å². The molecule has 0 spiro atoms. The average Bonchev–Trinajstić information content (AvgIpc) is 3.88. The molecule has 11 nitrogen and oxygen atoms in total. The third-order valence-electron chi connectivity index (χ3n) is 9.50. The highest BCUT2D eigenvalue weighted by Crippen LogP contribution is 2.49. The predicted molar refractivity (Wildman–Crippen MR) is 203 cm³/mol. The van der Waals surface area contributed by atoms with Crippen LogP contribution in [0.25, 0.3) is 31.9 Å². The third kappa shape index (κ3) is 5.91. The number of carbonyl (C=O) groups is 3. The predicted octanol–water partition coefficient (Wildman–Crippen LogP) is 7.16. The number of aromatic nitrogens is 2. The maximum Gasteiger partial charge on any atom is 0.415 e. The number of amides is 3. The van der Waals surface area contributed by atoms with E-state index in [0.717, 1.165) is 56.1 Å². The Labute approximate surface area is 302 Å². The largest absolute Gasteiger partial charge is 0.415 e. The number of alkyl halides is 1. The Bertz CT molecular complexity index is 2310. The fourth-order valence-electron chi connectivity index (χ4n) is 6.89. The number of anilines is 3. The van der Waals surface area contributed by atoms with E-state index in [2.05, 4.69) is 25.6 Å². The third-order valence-corrected chi connectivity index (χ3v) is 11.0. The highest BCUT2D eigenvalue weighted by atomic mass is 35.5. The number of ether oxygens (including phenoxy) is 1.